The van der Waals surface area contributed by atoms with Crippen LogP contribution in [0.2, 0.25) is 0 Å². The Bertz CT molecular complexity index is 896. The normalized spacial score (nSPS) is 20.0. The number of nitrogens with one attached hydrogen (secondary N) is 1. The Hall–Kier alpha value is -2.41. The van der Waals surface area contributed by atoms with E-state index in [9.17, 15) is 13.2 Å². The lowest BCUT2D eigenvalue weighted by molar-refractivity contribution is -0.120. The van der Waals surface area contributed by atoms with Crippen molar-refractivity contribution in [2.75, 3.05) is 5.32 Å². The second kappa shape index (κ2) is 8.73. The molecule has 1 aromatic heterocycles. The number of nitrogens with zero attached hydrogens (tertiary/aromatic N) is 1. The molecule has 3 rings (SSSR count). The minimum Gasteiger partial charge on any atom is -0.489 e. The van der Waals surface area contributed by atoms with E-state index in [0.29, 0.717) is 42.1 Å². The van der Waals surface area contributed by atoms with E-state index in [-0.39, 0.29) is 17.9 Å². The third-order valence-electron chi connectivity index (χ3n) is 4.87. The fourth-order valence-corrected chi connectivity index (χ4v) is 5.38. The molecule has 7 heteroatoms. The van der Waals surface area contributed by atoms with Crippen LogP contribution in [0.3, 0.4) is 0 Å². The van der Waals surface area contributed by atoms with Gasteiger partial charge < -0.3 is 10.1 Å². The van der Waals surface area contributed by atoms with Gasteiger partial charge in [0.25, 0.3) is 0 Å². The molecule has 1 heterocycles. The summed E-state index contributed by atoms with van der Waals surface area (Å²) in [4.78, 5) is 17.2. The smallest absolute Gasteiger partial charge is 0.228 e. The van der Waals surface area contributed by atoms with Gasteiger partial charge in [-0.15, -0.1) is 0 Å². The van der Waals surface area contributed by atoms with Crippen molar-refractivity contribution < 1.29 is 17.9 Å². The Kier molecular flexibility index (Phi) is 6.34. The third-order valence-corrected chi connectivity index (χ3v) is 7.10. The molecule has 28 heavy (non-hydrogen) atoms. The summed E-state index contributed by atoms with van der Waals surface area (Å²) in [6.45, 7) is 3.86. The van der Waals surface area contributed by atoms with Gasteiger partial charge in [-0.05, 0) is 57.4 Å². The van der Waals surface area contributed by atoms with Crippen LogP contribution >= 0.6 is 0 Å². The third kappa shape index (κ3) is 4.90. The standard InChI is InChI=1S/C21H26N2O4S/c1-15(2)27-17-11-12-20(22-14-17)23-21(24)16-7-6-10-19(13-16)28(25,26)18-8-4-3-5-9-18/h3-5,8-9,11-12,14-16,19H,6-7,10,13H2,1-2H3,(H,22,23,24)/t16-,19-/m1/s1. The second-order valence-corrected chi connectivity index (χ2v) is 9.61. The predicted octanol–water partition coefficient (Wildman–Crippen LogP) is 3.84. The van der Waals surface area contributed by atoms with E-state index in [1.807, 2.05) is 13.8 Å². The predicted molar refractivity (Wildman–Crippen MR) is 108 cm³/mol. The number of carbonyl (C=O) groups is 1. The highest BCUT2D eigenvalue weighted by atomic mass is 32.2. The summed E-state index contributed by atoms with van der Waals surface area (Å²) in [5.41, 5.74) is 0. The summed E-state index contributed by atoms with van der Waals surface area (Å²) in [6.07, 6.45) is 3.93. The van der Waals surface area contributed by atoms with Crippen molar-refractivity contribution in [3.05, 3.63) is 48.7 Å². The van der Waals surface area contributed by atoms with E-state index in [1.165, 1.54) is 0 Å². The van der Waals surface area contributed by atoms with Crippen LogP contribution in [0.4, 0.5) is 5.82 Å². The van der Waals surface area contributed by atoms with Crippen molar-refractivity contribution in [2.24, 2.45) is 5.92 Å². The first-order valence-electron chi connectivity index (χ1n) is 9.59. The van der Waals surface area contributed by atoms with E-state index in [0.717, 1.165) is 0 Å². The summed E-state index contributed by atoms with van der Waals surface area (Å²) in [6, 6.07) is 11.9. The molecule has 0 spiro atoms. The first-order valence-corrected chi connectivity index (χ1v) is 11.1. The lowest BCUT2D eigenvalue weighted by Gasteiger charge is -2.28. The lowest BCUT2D eigenvalue weighted by Crippen LogP contribution is -2.34. The molecule has 0 unspecified atom stereocenters. The van der Waals surface area contributed by atoms with Gasteiger partial charge in [0.15, 0.2) is 9.84 Å². The number of benzene rings is 1. The van der Waals surface area contributed by atoms with Gasteiger partial charge in [-0.1, -0.05) is 24.6 Å². The largest absolute Gasteiger partial charge is 0.489 e. The molecule has 1 fully saturated rings. The fraction of sp³-hybridized carbons (Fsp3) is 0.429. The number of pyridine rings is 1. The van der Waals surface area contributed by atoms with Crippen molar-refractivity contribution >= 4 is 21.6 Å². The number of sulfone groups is 1. The van der Waals surface area contributed by atoms with Crippen LogP contribution in [-0.4, -0.2) is 30.7 Å². The van der Waals surface area contributed by atoms with Gasteiger partial charge in [-0.25, -0.2) is 13.4 Å². The zero-order valence-corrected chi connectivity index (χ0v) is 17.0. The maximum Gasteiger partial charge on any atom is 0.228 e. The maximum atomic E-state index is 12.9. The molecule has 1 aliphatic rings. The number of ether oxygens (including phenoxy) is 1. The Balaban J connectivity index is 1.64. The molecular formula is C21H26N2O4S. The summed E-state index contributed by atoms with van der Waals surface area (Å²) in [7, 11) is -3.43. The van der Waals surface area contributed by atoms with E-state index >= 15 is 0 Å². The van der Waals surface area contributed by atoms with E-state index in [4.69, 9.17) is 4.74 Å². The highest BCUT2D eigenvalue weighted by Crippen LogP contribution is 2.32. The second-order valence-electron chi connectivity index (χ2n) is 7.38. The van der Waals surface area contributed by atoms with Crippen molar-refractivity contribution in [3.8, 4) is 5.75 Å². The van der Waals surface area contributed by atoms with Crippen molar-refractivity contribution in [1.29, 1.82) is 0 Å². The first kappa shape index (κ1) is 20.3. The van der Waals surface area contributed by atoms with Crippen LogP contribution < -0.4 is 10.1 Å². The molecule has 1 aliphatic carbocycles. The van der Waals surface area contributed by atoms with Gasteiger partial charge in [0.05, 0.1) is 22.4 Å². The van der Waals surface area contributed by atoms with Crippen LogP contribution in [0, 0.1) is 5.92 Å². The number of anilines is 1. The fourth-order valence-electron chi connectivity index (χ4n) is 3.49. The summed E-state index contributed by atoms with van der Waals surface area (Å²) >= 11 is 0. The number of carbonyl (C=O) groups excluding carboxylic acids is 1. The van der Waals surface area contributed by atoms with Crippen LogP contribution in [0.1, 0.15) is 39.5 Å². The van der Waals surface area contributed by atoms with Gasteiger partial charge in [-0.2, -0.15) is 0 Å². The van der Waals surface area contributed by atoms with E-state index in [1.54, 1.807) is 48.7 Å². The molecule has 0 bridgehead atoms. The molecule has 0 radical (unpaired) electrons. The Labute approximate surface area is 166 Å². The quantitative estimate of drug-likeness (QED) is 0.793. The van der Waals surface area contributed by atoms with E-state index < -0.39 is 15.1 Å². The lowest BCUT2D eigenvalue weighted by atomic mass is 9.88. The van der Waals surface area contributed by atoms with Gasteiger partial charge >= 0.3 is 0 Å². The number of rotatable bonds is 6. The monoisotopic (exact) mass is 402 g/mol. The van der Waals surface area contributed by atoms with Crippen LogP contribution in [-0.2, 0) is 14.6 Å². The number of amides is 1. The van der Waals surface area contributed by atoms with E-state index in [2.05, 4.69) is 10.3 Å². The van der Waals surface area contributed by atoms with Gasteiger partial charge in [0.2, 0.25) is 5.91 Å². The first-order chi connectivity index (χ1) is 13.4. The minimum absolute atomic E-state index is 0.0491. The average Bonchev–Trinajstić information content (AvgIpc) is 2.70. The van der Waals surface area contributed by atoms with Crippen LogP contribution in [0.25, 0.3) is 0 Å². The zero-order chi connectivity index (χ0) is 20.1. The average molecular weight is 403 g/mol. The molecule has 1 amide bonds. The summed E-state index contributed by atoms with van der Waals surface area (Å²) < 4.78 is 31.3. The molecule has 1 N–H and O–H groups in total. The van der Waals surface area contributed by atoms with Gasteiger partial charge in [-0.3, -0.25) is 4.79 Å². The van der Waals surface area contributed by atoms with Crippen molar-refractivity contribution in [3.63, 3.8) is 0 Å². The SMILES string of the molecule is CC(C)Oc1ccc(NC(=O)[C@@H]2CCC[C@@H](S(=O)(=O)c3ccccc3)C2)nc1. The van der Waals surface area contributed by atoms with Crippen molar-refractivity contribution in [2.45, 2.75) is 55.8 Å². The summed E-state index contributed by atoms with van der Waals surface area (Å²) in [5.74, 6) is 0.553. The number of hydrogen-bond donors (Lipinski definition) is 1. The Morgan fingerprint density at radius 3 is 2.54 bits per heavy atom. The molecule has 6 nitrogen and oxygen atoms in total. The molecule has 0 saturated heterocycles. The minimum atomic E-state index is -3.43. The molecular weight excluding hydrogens is 376 g/mol. The highest BCUT2D eigenvalue weighted by molar-refractivity contribution is 7.92. The Morgan fingerprint density at radius 1 is 1.14 bits per heavy atom. The van der Waals surface area contributed by atoms with Crippen LogP contribution in [0.5, 0.6) is 5.75 Å². The molecule has 1 aromatic carbocycles. The molecule has 2 aromatic rings. The van der Waals surface area contributed by atoms with Crippen LogP contribution in [0.15, 0.2) is 53.6 Å². The van der Waals surface area contributed by atoms with Gasteiger partial charge in [0.1, 0.15) is 11.6 Å². The van der Waals surface area contributed by atoms with Crippen molar-refractivity contribution in [1.82, 2.24) is 4.98 Å². The maximum absolute atomic E-state index is 12.9. The Morgan fingerprint density at radius 2 is 1.89 bits per heavy atom. The van der Waals surface area contributed by atoms with Gasteiger partial charge in [0, 0.05) is 5.92 Å². The summed E-state index contributed by atoms with van der Waals surface area (Å²) in [5, 5.41) is 2.27. The molecule has 1 saturated carbocycles. The topological polar surface area (TPSA) is 85.4 Å². The molecule has 0 aliphatic heterocycles. The molecule has 2 atom stereocenters. The number of aromatic nitrogens is 1. The number of hydrogen-bond acceptors (Lipinski definition) is 5. The highest BCUT2D eigenvalue weighted by Gasteiger charge is 2.35. The zero-order valence-electron chi connectivity index (χ0n) is 16.2. The molecule has 150 valence electrons.